The number of alkyl halides is 3. The minimum absolute atomic E-state index is 0.265. The summed E-state index contributed by atoms with van der Waals surface area (Å²) in [4.78, 5) is 4.38. The Bertz CT molecular complexity index is 819. The van der Waals surface area contributed by atoms with Gasteiger partial charge in [-0.25, -0.2) is 4.98 Å². The quantitative estimate of drug-likeness (QED) is 0.692. The number of hydrogen-bond acceptors (Lipinski definition) is 2. The highest BCUT2D eigenvalue weighted by Gasteiger charge is 2.31. The van der Waals surface area contributed by atoms with E-state index in [0.717, 1.165) is 17.6 Å². The molecular weight excluding hydrogens is 279 g/mol. The third kappa shape index (κ3) is 2.22. The van der Waals surface area contributed by atoms with Gasteiger partial charge in [0.15, 0.2) is 0 Å². The highest BCUT2D eigenvalue weighted by atomic mass is 19.4. The van der Waals surface area contributed by atoms with Gasteiger partial charge in [0.2, 0.25) is 0 Å². The first-order valence-corrected chi connectivity index (χ1v) is 6.26. The first-order valence-electron chi connectivity index (χ1n) is 6.26. The molecule has 1 aromatic heterocycles. The van der Waals surface area contributed by atoms with Crippen LogP contribution in [0.5, 0.6) is 0 Å². The second kappa shape index (κ2) is 4.51. The summed E-state index contributed by atoms with van der Waals surface area (Å²) >= 11 is 0. The highest BCUT2D eigenvalue weighted by molar-refractivity contribution is 5.83. The molecule has 3 rings (SSSR count). The normalized spacial score (nSPS) is 12.0. The third-order valence-corrected chi connectivity index (χ3v) is 3.41. The number of nitrogen functional groups attached to an aromatic ring is 1. The Morgan fingerprint density at radius 2 is 1.81 bits per heavy atom. The SMILES string of the molecule is Cn1c(-c2cc(C(F)(F)F)ccc2N)nc2ccccc21. The Morgan fingerprint density at radius 3 is 2.48 bits per heavy atom. The summed E-state index contributed by atoms with van der Waals surface area (Å²) in [5, 5.41) is 0. The van der Waals surface area contributed by atoms with Gasteiger partial charge in [-0.1, -0.05) is 12.1 Å². The molecule has 3 nitrogen and oxygen atoms in total. The minimum Gasteiger partial charge on any atom is -0.398 e. The van der Waals surface area contributed by atoms with Gasteiger partial charge in [-0.2, -0.15) is 13.2 Å². The standard InChI is InChI=1S/C15H12F3N3/c1-21-13-5-3-2-4-12(13)20-14(21)10-8-9(15(16,17)18)6-7-11(10)19/h2-8H,19H2,1H3. The molecule has 0 aliphatic rings. The van der Waals surface area contributed by atoms with Crippen molar-refractivity contribution in [3.63, 3.8) is 0 Å². The van der Waals surface area contributed by atoms with Crippen molar-refractivity contribution in [3.05, 3.63) is 48.0 Å². The van der Waals surface area contributed by atoms with Gasteiger partial charge in [-0.05, 0) is 30.3 Å². The Kier molecular flexibility index (Phi) is 2.90. The molecular formula is C15H12F3N3. The van der Waals surface area contributed by atoms with Gasteiger partial charge in [0, 0.05) is 18.3 Å². The molecule has 0 saturated heterocycles. The maximum absolute atomic E-state index is 12.9. The summed E-state index contributed by atoms with van der Waals surface area (Å²) < 4.78 is 40.3. The number of rotatable bonds is 1. The number of benzene rings is 2. The molecule has 0 amide bonds. The van der Waals surface area contributed by atoms with Crippen LogP contribution in [0, 0.1) is 0 Å². The summed E-state index contributed by atoms with van der Waals surface area (Å²) in [6.45, 7) is 0. The molecule has 2 aromatic carbocycles. The molecule has 0 atom stereocenters. The van der Waals surface area contributed by atoms with Crippen LogP contribution < -0.4 is 5.73 Å². The molecule has 21 heavy (non-hydrogen) atoms. The monoisotopic (exact) mass is 291 g/mol. The third-order valence-electron chi connectivity index (χ3n) is 3.41. The molecule has 0 radical (unpaired) electrons. The molecule has 108 valence electrons. The van der Waals surface area contributed by atoms with Gasteiger partial charge >= 0.3 is 6.18 Å². The molecule has 1 heterocycles. The predicted molar refractivity (Wildman–Crippen MR) is 75.6 cm³/mol. The number of aromatic nitrogens is 2. The summed E-state index contributed by atoms with van der Waals surface area (Å²) in [5.41, 5.74) is 7.20. The summed E-state index contributed by atoms with van der Waals surface area (Å²) in [6, 6.07) is 10.6. The average molecular weight is 291 g/mol. The maximum atomic E-state index is 12.9. The van der Waals surface area contributed by atoms with Crippen LogP contribution in [0.1, 0.15) is 5.56 Å². The largest absolute Gasteiger partial charge is 0.416 e. The first kappa shape index (κ1) is 13.5. The molecule has 6 heteroatoms. The fourth-order valence-corrected chi connectivity index (χ4v) is 2.31. The van der Waals surface area contributed by atoms with Gasteiger partial charge < -0.3 is 10.3 Å². The predicted octanol–water partition coefficient (Wildman–Crippen LogP) is 3.84. The average Bonchev–Trinajstić information content (AvgIpc) is 2.76. The Hall–Kier alpha value is -2.50. The van der Waals surface area contributed by atoms with Gasteiger partial charge in [-0.3, -0.25) is 0 Å². The van der Waals surface area contributed by atoms with Crippen molar-refractivity contribution in [1.29, 1.82) is 0 Å². The van der Waals surface area contributed by atoms with E-state index in [-0.39, 0.29) is 11.3 Å². The van der Waals surface area contributed by atoms with Crippen LogP contribution in [0.2, 0.25) is 0 Å². The zero-order valence-electron chi connectivity index (χ0n) is 11.1. The summed E-state index contributed by atoms with van der Waals surface area (Å²) in [6.07, 6.45) is -4.41. The van der Waals surface area contributed by atoms with Crippen LogP contribution in [0.4, 0.5) is 18.9 Å². The number of anilines is 1. The van der Waals surface area contributed by atoms with Crippen LogP contribution >= 0.6 is 0 Å². The van der Waals surface area contributed by atoms with Crippen molar-refractivity contribution in [3.8, 4) is 11.4 Å². The Morgan fingerprint density at radius 1 is 1.10 bits per heavy atom. The van der Waals surface area contributed by atoms with Crippen molar-refractivity contribution < 1.29 is 13.2 Å². The van der Waals surface area contributed by atoms with Gasteiger partial charge in [0.25, 0.3) is 0 Å². The molecule has 0 saturated carbocycles. The molecule has 0 aliphatic heterocycles. The lowest BCUT2D eigenvalue weighted by atomic mass is 10.1. The molecule has 3 aromatic rings. The lowest BCUT2D eigenvalue weighted by Gasteiger charge is -2.11. The number of para-hydroxylation sites is 2. The summed E-state index contributed by atoms with van der Waals surface area (Å²) in [7, 11) is 1.75. The number of nitrogens with two attached hydrogens (primary N) is 1. The topological polar surface area (TPSA) is 43.8 Å². The van der Waals surface area contributed by atoms with Crippen molar-refractivity contribution in [1.82, 2.24) is 9.55 Å². The van der Waals surface area contributed by atoms with E-state index >= 15 is 0 Å². The van der Waals surface area contributed by atoms with Crippen molar-refractivity contribution in [2.45, 2.75) is 6.18 Å². The van der Waals surface area contributed by atoms with Crippen molar-refractivity contribution >= 4 is 16.7 Å². The number of halogens is 3. The number of aryl methyl sites for hydroxylation is 1. The lowest BCUT2D eigenvalue weighted by molar-refractivity contribution is -0.137. The number of nitrogens with zero attached hydrogens (tertiary/aromatic N) is 2. The van der Waals surface area contributed by atoms with E-state index in [2.05, 4.69) is 4.98 Å². The van der Waals surface area contributed by atoms with E-state index in [1.54, 1.807) is 11.6 Å². The summed E-state index contributed by atoms with van der Waals surface area (Å²) in [5.74, 6) is 0.416. The molecule has 0 unspecified atom stereocenters. The van der Waals surface area contributed by atoms with E-state index in [1.165, 1.54) is 6.07 Å². The van der Waals surface area contributed by atoms with Gasteiger partial charge in [0.1, 0.15) is 5.82 Å². The smallest absolute Gasteiger partial charge is 0.398 e. The first-order chi connectivity index (χ1) is 9.88. The second-order valence-corrected chi connectivity index (χ2v) is 4.78. The van der Waals surface area contributed by atoms with Gasteiger partial charge in [-0.15, -0.1) is 0 Å². The molecule has 0 fully saturated rings. The fraction of sp³-hybridized carbons (Fsp3) is 0.133. The minimum atomic E-state index is -4.41. The van der Waals surface area contributed by atoms with Gasteiger partial charge in [0.05, 0.1) is 16.6 Å². The van der Waals surface area contributed by atoms with E-state index in [9.17, 15) is 13.2 Å². The highest BCUT2D eigenvalue weighted by Crippen LogP contribution is 2.35. The Balaban J connectivity index is 2.25. The second-order valence-electron chi connectivity index (χ2n) is 4.78. The van der Waals surface area contributed by atoms with E-state index in [4.69, 9.17) is 5.73 Å². The van der Waals surface area contributed by atoms with E-state index in [0.29, 0.717) is 11.3 Å². The maximum Gasteiger partial charge on any atom is 0.416 e. The molecule has 0 bridgehead atoms. The number of hydrogen-bond donors (Lipinski definition) is 1. The number of imidazole rings is 1. The molecule has 2 N–H and O–H groups in total. The van der Waals surface area contributed by atoms with Crippen LogP contribution in [0.25, 0.3) is 22.4 Å². The van der Waals surface area contributed by atoms with Crippen LogP contribution in [0.15, 0.2) is 42.5 Å². The van der Waals surface area contributed by atoms with E-state index in [1.807, 2.05) is 24.3 Å². The Labute approximate surface area is 118 Å². The van der Waals surface area contributed by atoms with Crippen LogP contribution in [-0.2, 0) is 13.2 Å². The molecule has 0 aliphatic carbocycles. The number of fused-ring (bicyclic) bond motifs is 1. The van der Waals surface area contributed by atoms with Crippen molar-refractivity contribution in [2.24, 2.45) is 7.05 Å². The van der Waals surface area contributed by atoms with E-state index < -0.39 is 11.7 Å². The van der Waals surface area contributed by atoms with Crippen LogP contribution in [0.3, 0.4) is 0 Å². The lowest BCUT2D eigenvalue weighted by Crippen LogP contribution is -2.06. The van der Waals surface area contributed by atoms with Crippen LogP contribution in [-0.4, -0.2) is 9.55 Å². The molecule has 0 spiro atoms. The fourth-order valence-electron chi connectivity index (χ4n) is 2.31. The zero-order valence-corrected chi connectivity index (χ0v) is 11.1. The zero-order chi connectivity index (χ0) is 15.2. The van der Waals surface area contributed by atoms with Crippen molar-refractivity contribution in [2.75, 3.05) is 5.73 Å².